The van der Waals surface area contributed by atoms with Crippen LogP contribution in [-0.4, -0.2) is 18.4 Å². The first-order valence-electron chi connectivity index (χ1n) is 6.71. The molecule has 2 amide bonds. The van der Waals surface area contributed by atoms with Gasteiger partial charge in [-0.25, -0.2) is 0 Å². The number of carbonyl (C=O) groups is 2. The first kappa shape index (κ1) is 15.3. The maximum absolute atomic E-state index is 11.9. The van der Waals surface area contributed by atoms with Gasteiger partial charge in [0.25, 0.3) is 0 Å². The predicted octanol–water partition coefficient (Wildman–Crippen LogP) is 2.66. The fourth-order valence-electron chi connectivity index (χ4n) is 1.89. The lowest BCUT2D eigenvalue weighted by Crippen LogP contribution is -2.33. The normalized spacial score (nSPS) is 10.2. The van der Waals surface area contributed by atoms with Crippen LogP contribution in [0.2, 0.25) is 0 Å². The largest absolute Gasteiger partial charge is 0.347 e. The predicted molar refractivity (Wildman–Crippen MR) is 85.6 cm³/mol. The standard InChI is InChI=1S/C16H18N2O2S/c1-11-5-3-7-14(12(11)2)18-16(20)10-17-15(19)9-13-6-4-8-21-13/h3-8H,9-10H2,1-2H3,(H,17,19)(H,18,20). The van der Waals surface area contributed by atoms with Crippen LogP contribution in [-0.2, 0) is 16.0 Å². The van der Waals surface area contributed by atoms with E-state index in [0.29, 0.717) is 6.42 Å². The summed E-state index contributed by atoms with van der Waals surface area (Å²) in [7, 11) is 0. The smallest absolute Gasteiger partial charge is 0.243 e. The van der Waals surface area contributed by atoms with Crippen molar-refractivity contribution in [3.63, 3.8) is 0 Å². The summed E-state index contributed by atoms with van der Waals surface area (Å²) < 4.78 is 0. The monoisotopic (exact) mass is 302 g/mol. The van der Waals surface area contributed by atoms with Gasteiger partial charge < -0.3 is 10.6 Å². The van der Waals surface area contributed by atoms with Crippen LogP contribution in [0.3, 0.4) is 0 Å². The number of benzene rings is 1. The maximum Gasteiger partial charge on any atom is 0.243 e. The molecule has 110 valence electrons. The number of anilines is 1. The molecule has 0 radical (unpaired) electrons. The highest BCUT2D eigenvalue weighted by Gasteiger charge is 2.09. The van der Waals surface area contributed by atoms with E-state index in [2.05, 4.69) is 10.6 Å². The lowest BCUT2D eigenvalue weighted by Gasteiger charge is -2.10. The fourth-order valence-corrected chi connectivity index (χ4v) is 2.60. The molecule has 0 aliphatic rings. The first-order chi connectivity index (χ1) is 10.1. The SMILES string of the molecule is Cc1cccc(NC(=O)CNC(=O)Cc2cccs2)c1C. The van der Waals surface area contributed by atoms with Crippen LogP contribution in [0.1, 0.15) is 16.0 Å². The molecule has 2 rings (SSSR count). The van der Waals surface area contributed by atoms with Gasteiger partial charge in [-0.2, -0.15) is 0 Å². The number of nitrogens with one attached hydrogen (secondary N) is 2. The Hall–Kier alpha value is -2.14. The van der Waals surface area contributed by atoms with E-state index in [1.807, 2.05) is 49.6 Å². The summed E-state index contributed by atoms with van der Waals surface area (Å²) >= 11 is 1.53. The van der Waals surface area contributed by atoms with Crippen molar-refractivity contribution in [1.82, 2.24) is 5.32 Å². The molecule has 0 spiro atoms. The summed E-state index contributed by atoms with van der Waals surface area (Å²) in [6.45, 7) is 3.94. The average molecular weight is 302 g/mol. The third kappa shape index (κ3) is 4.43. The lowest BCUT2D eigenvalue weighted by atomic mass is 10.1. The van der Waals surface area contributed by atoms with E-state index in [1.54, 1.807) is 0 Å². The summed E-state index contributed by atoms with van der Waals surface area (Å²) in [4.78, 5) is 24.6. The summed E-state index contributed by atoms with van der Waals surface area (Å²) in [6, 6.07) is 9.55. The molecule has 5 heteroatoms. The number of aryl methyl sites for hydroxylation is 1. The molecule has 0 atom stereocenters. The molecule has 4 nitrogen and oxygen atoms in total. The molecule has 21 heavy (non-hydrogen) atoms. The number of amides is 2. The van der Waals surface area contributed by atoms with Crippen molar-refractivity contribution in [3.8, 4) is 0 Å². The van der Waals surface area contributed by atoms with Crippen LogP contribution in [0.15, 0.2) is 35.7 Å². The molecular formula is C16H18N2O2S. The van der Waals surface area contributed by atoms with Crippen LogP contribution in [0.25, 0.3) is 0 Å². The first-order valence-corrected chi connectivity index (χ1v) is 7.59. The van der Waals surface area contributed by atoms with Crippen LogP contribution in [0.5, 0.6) is 0 Å². The highest BCUT2D eigenvalue weighted by atomic mass is 32.1. The summed E-state index contributed by atoms with van der Waals surface area (Å²) in [5, 5.41) is 7.37. The molecule has 1 aromatic carbocycles. The second kappa shape index (κ2) is 7.04. The van der Waals surface area contributed by atoms with E-state index in [1.165, 1.54) is 11.3 Å². The summed E-state index contributed by atoms with van der Waals surface area (Å²) in [6.07, 6.45) is 0.314. The van der Waals surface area contributed by atoms with Gasteiger partial charge in [-0.05, 0) is 42.5 Å². The van der Waals surface area contributed by atoms with Crippen molar-refractivity contribution in [2.75, 3.05) is 11.9 Å². The Morgan fingerprint density at radius 2 is 1.90 bits per heavy atom. The Kier molecular flexibility index (Phi) is 5.11. The van der Waals surface area contributed by atoms with Gasteiger partial charge in [0.15, 0.2) is 0 Å². The Morgan fingerprint density at radius 1 is 1.10 bits per heavy atom. The molecule has 2 aromatic rings. The molecule has 0 fully saturated rings. The van der Waals surface area contributed by atoms with Crippen molar-refractivity contribution in [3.05, 3.63) is 51.7 Å². The molecule has 0 bridgehead atoms. The van der Waals surface area contributed by atoms with Gasteiger partial charge in [-0.1, -0.05) is 18.2 Å². The van der Waals surface area contributed by atoms with E-state index in [0.717, 1.165) is 21.7 Å². The number of hydrogen-bond donors (Lipinski definition) is 2. The van der Waals surface area contributed by atoms with Gasteiger partial charge in [0, 0.05) is 10.6 Å². The topological polar surface area (TPSA) is 58.2 Å². The van der Waals surface area contributed by atoms with Gasteiger partial charge >= 0.3 is 0 Å². The van der Waals surface area contributed by atoms with Crippen molar-refractivity contribution in [2.24, 2.45) is 0 Å². The number of hydrogen-bond acceptors (Lipinski definition) is 3. The van der Waals surface area contributed by atoms with E-state index in [9.17, 15) is 9.59 Å². The Labute approximate surface area is 128 Å². The molecule has 0 unspecified atom stereocenters. The van der Waals surface area contributed by atoms with E-state index in [-0.39, 0.29) is 18.4 Å². The molecule has 0 saturated heterocycles. The highest BCUT2D eigenvalue weighted by Crippen LogP contribution is 2.17. The van der Waals surface area contributed by atoms with Gasteiger partial charge in [-0.3, -0.25) is 9.59 Å². The number of carbonyl (C=O) groups excluding carboxylic acids is 2. The van der Waals surface area contributed by atoms with Gasteiger partial charge in [0.05, 0.1) is 13.0 Å². The zero-order valence-electron chi connectivity index (χ0n) is 12.1. The van der Waals surface area contributed by atoms with E-state index in [4.69, 9.17) is 0 Å². The minimum absolute atomic E-state index is 0.0163. The van der Waals surface area contributed by atoms with Crippen molar-refractivity contribution in [2.45, 2.75) is 20.3 Å². The summed E-state index contributed by atoms with van der Waals surface area (Å²) in [5.74, 6) is -0.364. The Bertz CT molecular complexity index is 636. The molecule has 1 aromatic heterocycles. The summed E-state index contributed by atoms with van der Waals surface area (Å²) in [5.41, 5.74) is 2.94. The zero-order valence-corrected chi connectivity index (χ0v) is 12.9. The van der Waals surface area contributed by atoms with Crippen LogP contribution in [0, 0.1) is 13.8 Å². The molecule has 1 heterocycles. The van der Waals surface area contributed by atoms with Crippen LogP contribution < -0.4 is 10.6 Å². The third-order valence-electron chi connectivity index (χ3n) is 3.24. The van der Waals surface area contributed by atoms with Crippen molar-refractivity contribution < 1.29 is 9.59 Å². The molecule has 2 N–H and O–H groups in total. The van der Waals surface area contributed by atoms with E-state index >= 15 is 0 Å². The second-order valence-corrected chi connectivity index (χ2v) is 5.86. The molecular weight excluding hydrogens is 284 g/mol. The minimum atomic E-state index is -0.219. The maximum atomic E-state index is 11.9. The van der Waals surface area contributed by atoms with Crippen LogP contribution >= 0.6 is 11.3 Å². The number of thiophene rings is 1. The lowest BCUT2D eigenvalue weighted by molar-refractivity contribution is -0.123. The third-order valence-corrected chi connectivity index (χ3v) is 4.12. The Morgan fingerprint density at radius 3 is 2.62 bits per heavy atom. The minimum Gasteiger partial charge on any atom is -0.347 e. The van der Waals surface area contributed by atoms with Crippen molar-refractivity contribution in [1.29, 1.82) is 0 Å². The van der Waals surface area contributed by atoms with E-state index < -0.39 is 0 Å². The molecule has 0 aliphatic carbocycles. The second-order valence-electron chi connectivity index (χ2n) is 4.83. The quantitative estimate of drug-likeness (QED) is 0.892. The fraction of sp³-hybridized carbons (Fsp3) is 0.250. The highest BCUT2D eigenvalue weighted by molar-refractivity contribution is 7.10. The van der Waals surface area contributed by atoms with Crippen molar-refractivity contribution >= 4 is 28.8 Å². The zero-order chi connectivity index (χ0) is 15.2. The van der Waals surface area contributed by atoms with Gasteiger partial charge in [0.2, 0.25) is 11.8 Å². The molecule has 0 saturated carbocycles. The Balaban J connectivity index is 1.82. The van der Waals surface area contributed by atoms with Crippen LogP contribution in [0.4, 0.5) is 5.69 Å². The number of rotatable bonds is 5. The molecule has 0 aliphatic heterocycles. The average Bonchev–Trinajstić information content (AvgIpc) is 2.94. The van der Waals surface area contributed by atoms with Gasteiger partial charge in [-0.15, -0.1) is 11.3 Å². The van der Waals surface area contributed by atoms with Gasteiger partial charge in [0.1, 0.15) is 0 Å².